The van der Waals surface area contributed by atoms with Crippen LogP contribution in [-0.2, 0) is 10.0 Å². The van der Waals surface area contributed by atoms with Gasteiger partial charge in [0.15, 0.2) is 0 Å². The monoisotopic (exact) mass is 461 g/mol. The lowest BCUT2D eigenvalue weighted by molar-refractivity contribution is 0.0392. The highest BCUT2D eigenvalue weighted by Crippen LogP contribution is 2.30. The third-order valence-electron chi connectivity index (χ3n) is 6.57. The summed E-state index contributed by atoms with van der Waals surface area (Å²) in [5.41, 5.74) is 0.371. The highest BCUT2D eigenvalue weighted by Gasteiger charge is 2.34. The highest BCUT2D eigenvalue weighted by atomic mass is 32.2. The van der Waals surface area contributed by atoms with Gasteiger partial charge in [-0.3, -0.25) is 4.79 Å². The number of nitrogens with one attached hydrogen (secondary N) is 1. The number of imidazole rings is 1. The molecule has 1 aromatic carbocycles. The summed E-state index contributed by atoms with van der Waals surface area (Å²) >= 11 is 0. The van der Waals surface area contributed by atoms with Crippen LogP contribution in [0.2, 0.25) is 0 Å². The van der Waals surface area contributed by atoms with Crippen LogP contribution in [0.25, 0.3) is 0 Å². The number of piperazine rings is 1. The number of aliphatic hydroxyl groups is 1. The third-order valence-corrected chi connectivity index (χ3v) is 8.49. The van der Waals surface area contributed by atoms with Gasteiger partial charge >= 0.3 is 0 Å². The molecule has 1 aliphatic heterocycles. The van der Waals surface area contributed by atoms with Gasteiger partial charge in [0.2, 0.25) is 10.0 Å². The second-order valence-electron chi connectivity index (χ2n) is 8.68. The van der Waals surface area contributed by atoms with E-state index in [0.29, 0.717) is 38.2 Å². The Labute approximate surface area is 189 Å². The number of nitrogens with zero attached hydrogens (tertiary/aromatic N) is 4. The molecule has 174 valence electrons. The van der Waals surface area contributed by atoms with Crippen LogP contribution in [0.15, 0.2) is 41.6 Å². The molecule has 2 fully saturated rings. The van der Waals surface area contributed by atoms with Crippen molar-refractivity contribution in [3.05, 3.63) is 48.0 Å². The van der Waals surface area contributed by atoms with E-state index in [4.69, 9.17) is 0 Å². The maximum absolute atomic E-state index is 12.9. The van der Waals surface area contributed by atoms with Crippen molar-refractivity contribution in [1.29, 1.82) is 0 Å². The van der Waals surface area contributed by atoms with Crippen molar-refractivity contribution in [2.45, 2.75) is 49.3 Å². The van der Waals surface area contributed by atoms with E-state index in [1.165, 1.54) is 28.6 Å². The van der Waals surface area contributed by atoms with Crippen LogP contribution in [-0.4, -0.2) is 83.6 Å². The molecular weight excluding hydrogens is 430 g/mol. The van der Waals surface area contributed by atoms with Gasteiger partial charge in [-0.2, -0.15) is 4.31 Å². The van der Waals surface area contributed by atoms with Gasteiger partial charge in [0.05, 0.1) is 23.1 Å². The van der Waals surface area contributed by atoms with Gasteiger partial charge in [0.1, 0.15) is 5.82 Å². The first-order valence-electron chi connectivity index (χ1n) is 11.0. The summed E-state index contributed by atoms with van der Waals surface area (Å²) in [4.78, 5) is 19.3. The van der Waals surface area contributed by atoms with E-state index in [1.54, 1.807) is 6.20 Å². The molecular formula is C22H31N5O4S. The first kappa shape index (κ1) is 22.9. The van der Waals surface area contributed by atoms with E-state index in [0.717, 1.165) is 18.7 Å². The van der Waals surface area contributed by atoms with E-state index < -0.39 is 16.1 Å². The number of amides is 1. The summed E-state index contributed by atoms with van der Waals surface area (Å²) in [6.07, 6.45) is 5.23. The van der Waals surface area contributed by atoms with Crippen LogP contribution < -0.4 is 5.32 Å². The number of hydrogen-bond donors (Lipinski definition) is 2. The average molecular weight is 462 g/mol. The average Bonchev–Trinajstić information content (AvgIpc) is 3.21. The molecule has 1 saturated heterocycles. The minimum atomic E-state index is -3.57. The predicted octanol–water partition coefficient (Wildman–Crippen LogP) is 1.01. The van der Waals surface area contributed by atoms with Crippen molar-refractivity contribution < 1.29 is 18.3 Å². The molecule has 10 heteroatoms. The Balaban J connectivity index is 1.42. The molecule has 1 aliphatic carbocycles. The van der Waals surface area contributed by atoms with Crippen molar-refractivity contribution >= 4 is 15.9 Å². The number of aliphatic hydroxyl groups excluding tert-OH is 1. The van der Waals surface area contributed by atoms with Gasteiger partial charge in [0, 0.05) is 44.1 Å². The number of carbonyl (C=O) groups excluding carboxylic acids is 1. The number of benzene rings is 1. The molecule has 1 amide bonds. The first-order chi connectivity index (χ1) is 15.3. The van der Waals surface area contributed by atoms with Crippen molar-refractivity contribution in [1.82, 2.24) is 24.1 Å². The molecule has 2 aromatic rings. The molecule has 0 bridgehead atoms. The number of aromatic nitrogens is 2. The normalized spacial score (nSPS) is 25.5. The molecule has 4 rings (SSSR count). The van der Waals surface area contributed by atoms with Crippen molar-refractivity contribution in [3.8, 4) is 0 Å². The zero-order chi connectivity index (χ0) is 22.9. The number of sulfonamides is 1. The quantitative estimate of drug-likeness (QED) is 0.688. The lowest BCUT2D eigenvalue weighted by atomic mass is 9.87. The molecule has 32 heavy (non-hydrogen) atoms. The zero-order valence-corrected chi connectivity index (χ0v) is 19.3. The minimum Gasteiger partial charge on any atom is -0.389 e. The first-order valence-corrected chi connectivity index (χ1v) is 12.5. The zero-order valence-electron chi connectivity index (χ0n) is 18.5. The Hall–Kier alpha value is -2.27. The summed E-state index contributed by atoms with van der Waals surface area (Å²) in [5.74, 6) is 0.513. The minimum absolute atomic E-state index is 0.132. The molecule has 1 saturated carbocycles. The summed E-state index contributed by atoms with van der Waals surface area (Å²) in [6.45, 7) is 4.20. The summed E-state index contributed by atoms with van der Waals surface area (Å²) in [6, 6.07) is 5.52. The van der Waals surface area contributed by atoms with E-state index >= 15 is 0 Å². The number of likely N-dealkylation sites (N-methyl/N-ethyl adjacent to an activating group) is 1. The molecule has 1 aromatic heterocycles. The molecule has 9 nitrogen and oxygen atoms in total. The van der Waals surface area contributed by atoms with Gasteiger partial charge in [-0.25, -0.2) is 13.4 Å². The van der Waals surface area contributed by atoms with Crippen LogP contribution >= 0.6 is 0 Å². The second-order valence-corrected chi connectivity index (χ2v) is 10.6. The lowest BCUT2D eigenvalue weighted by Gasteiger charge is -2.36. The van der Waals surface area contributed by atoms with E-state index in [1.807, 2.05) is 24.7 Å². The highest BCUT2D eigenvalue weighted by molar-refractivity contribution is 7.89. The van der Waals surface area contributed by atoms with Crippen LogP contribution in [0.5, 0.6) is 0 Å². The standard InChI is InChI=1S/C22H31N5O4S/c1-16-23-10-11-27(16)20-5-3-4-19(21(20)28)24-22(29)17-6-8-18(9-7-17)32(30,31)26-14-12-25(2)13-15-26/h6-11,19-21,28H,3-5,12-15H2,1-2H3,(H,24,29)/t19-,20-,21-/m1/s1. The van der Waals surface area contributed by atoms with Gasteiger partial charge in [-0.1, -0.05) is 0 Å². The summed E-state index contributed by atoms with van der Waals surface area (Å²) in [7, 11) is -1.60. The Bertz CT molecular complexity index is 1040. The Kier molecular flexibility index (Phi) is 6.66. The molecule has 0 spiro atoms. The number of aryl methyl sites for hydroxylation is 1. The predicted molar refractivity (Wildman–Crippen MR) is 120 cm³/mol. The summed E-state index contributed by atoms with van der Waals surface area (Å²) in [5, 5.41) is 13.8. The fourth-order valence-corrected chi connectivity index (χ4v) is 5.99. The SMILES string of the molecule is Cc1nccn1[C@@H]1CCC[C@@H](NC(=O)c2ccc(S(=O)(=O)N3CCN(C)CC3)cc2)[C@H]1O. The van der Waals surface area contributed by atoms with Crippen LogP contribution in [0.1, 0.15) is 41.5 Å². The van der Waals surface area contributed by atoms with Gasteiger partial charge in [-0.15, -0.1) is 0 Å². The van der Waals surface area contributed by atoms with Gasteiger partial charge in [-0.05, 0) is 57.5 Å². The molecule has 2 heterocycles. The van der Waals surface area contributed by atoms with E-state index in [-0.39, 0.29) is 22.9 Å². The fraction of sp³-hybridized carbons (Fsp3) is 0.545. The fourth-order valence-electron chi connectivity index (χ4n) is 4.56. The van der Waals surface area contributed by atoms with Crippen molar-refractivity contribution in [3.63, 3.8) is 0 Å². The molecule has 3 atom stereocenters. The van der Waals surface area contributed by atoms with E-state index in [9.17, 15) is 18.3 Å². The maximum Gasteiger partial charge on any atom is 0.251 e. The molecule has 2 N–H and O–H groups in total. The Morgan fingerprint density at radius 3 is 2.44 bits per heavy atom. The number of rotatable bonds is 5. The van der Waals surface area contributed by atoms with Crippen LogP contribution in [0.4, 0.5) is 0 Å². The van der Waals surface area contributed by atoms with Gasteiger partial charge < -0.3 is 19.9 Å². The Morgan fingerprint density at radius 2 is 1.81 bits per heavy atom. The largest absolute Gasteiger partial charge is 0.389 e. The smallest absolute Gasteiger partial charge is 0.251 e. The number of hydrogen-bond acceptors (Lipinski definition) is 6. The molecule has 0 unspecified atom stereocenters. The molecule has 2 aliphatic rings. The third kappa shape index (κ3) is 4.59. The lowest BCUT2D eigenvalue weighted by Crippen LogP contribution is -2.49. The van der Waals surface area contributed by atoms with Crippen molar-refractivity contribution in [2.75, 3.05) is 33.2 Å². The molecule has 0 radical (unpaired) electrons. The van der Waals surface area contributed by atoms with E-state index in [2.05, 4.69) is 15.2 Å². The van der Waals surface area contributed by atoms with Crippen LogP contribution in [0.3, 0.4) is 0 Å². The second kappa shape index (κ2) is 9.30. The van der Waals surface area contributed by atoms with Gasteiger partial charge in [0.25, 0.3) is 5.91 Å². The number of carbonyl (C=O) groups is 1. The Morgan fingerprint density at radius 1 is 1.12 bits per heavy atom. The van der Waals surface area contributed by atoms with Crippen molar-refractivity contribution in [2.24, 2.45) is 0 Å². The topological polar surface area (TPSA) is 108 Å². The maximum atomic E-state index is 12.9. The van der Waals surface area contributed by atoms with Crippen LogP contribution in [0, 0.1) is 6.92 Å². The summed E-state index contributed by atoms with van der Waals surface area (Å²) < 4.78 is 29.2.